The molecule has 4 aromatic rings. The zero-order valence-corrected chi connectivity index (χ0v) is 29.9. The number of aromatic nitrogens is 5. The number of halogens is 2. The fourth-order valence-corrected chi connectivity index (χ4v) is 9.16. The number of fused-ring (bicyclic) bond motifs is 6. The fourth-order valence-electron chi connectivity index (χ4n) is 8.15. The highest BCUT2D eigenvalue weighted by atomic mass is 35.5. The molecule has 0 spiro atoms. The summed E-state index contributed by atoms with van der Waals surface area (Å²) in [6.45, 7) is -0.227. The van der Waals surface area contributed by atoms with Crippen molar-refractivity contribution in [2.24, 2.45) is 13.0 Å². The van der Waals surface area contributed by atoms with Gasteiger partial charge in [-0.2, -0.15) is 0 Å². The maximum atomic E-state index is 14.2. The number of phenolic OH excluding ortho intramolecular Hbond substituents is 1. The first kappa shape index (κ1) is 33.8. The van der Waals surface area contributed by atoms with Gasteiger partial charge in [-0.25, -0.2) is 28.5 Å². The lowest BCUT2D eigenvalue weighted by atomic mass is 9.63. The molecule has 52 heavy (non-hydrogen) atoms. The molecular weight excluding hydrogens is 719 g/mol. The second-order valence-electron chi connectivity index (χ2n) is 13.3. The van der Waals surface area contributed by atoms with Crippen molar-refractivity contribution in [2.75, 3.05) is 21.3 Å². The zero-order valence-electron chi connectivity index (χ0n) is 28.4. The first-order valence-corrected chi connectivity index (χ1v) is 17.1. The van der Waals surface area contributed by atoms with Gasteiger partial charge in [0.25, 0.3) is 17.4 Å². The summed E-state index contributed by atoms with van der Waals surface area (Å²) in [6, 6.07) is 6.96. The van der Waals surface area contributed by atoms with Crippen LogP contribution in [0.15, 0.2) is 68.2 Å². The van der Waals surface area contributed by atoms with Crippen molar-refractivity contribution in [1.29, 1.82) is 0 Å². The van der Waals surface area contributed by atoms with Crippen molar-refractivity contribution in [3.63, 3.8) is 0 Å². The van der Waals surface area contributed by atoms with Crippen LogP contribution in [0.2, 0.25) is 0 Å². The number of amides is 2. The second kappa shape index (κ2) is 11.6. The summed E-state index contributed by atoms with van der Waals surface area (Å²) < 4.78 is 21.6. The highest BCUT2D eigenvalue weighted by Crippen LogP contribution is 2.62. The Labute approximate surface area is 304 Å². The third-order valence-corrected chi connectivity index (χ3v) is 12.1. The fraction of sp³-hybridized carbons (Fsp3) is 0.371. The maximum Gasteiger partial charge on any atom is 0.347 e. The van der Waals surface area contributed by atoms with Gasteiger partial charge in [0.15, 0.2) is 21.2 Å². The zero-order chi connectivity index (χ0) is 37.0. The van der Waals surface area contributed by atoms with E-state index < -0.39 is 50.5 Å². The van der Waals surface area contributed by atoms with E-state index in [4.69, 9.17) is 37.4 Å². The first-order chi connectivity index (χ1) is 24.7. The Morgan fingerprint density at radius 3 is 2.46 bits per heavy atom. The lowest BCUT2D eigenvalue weighted by molar-refractivity contribution is -0.137. The van der Waals surface area contributed by atoms with E-state index in [2.05, 4.69) is 4.98 Å². The Bertz CT molecular complexity index is 2510. The van der Waals surface area contributed by atoms with Crippen LogP contribution in [-0.2, 0) is 42.6 Å². The van der Waals surface area contributed by atoms with Crippen LogP contribution in [0.25, 0.3) is 11.0 Å². The van der Waals surface area contributed by atoms with E-state index in [1.54, 1.807) is 31.3 Å². The Morgan fingerprint density at radius 2 is 1.73 bits per heavy atom. The van der Waals surface area contributed by atoms with Crippen LogP contribution in [0.1, 0.15) is 23.7 Å². The molecule has 270 valence electrons. The van der Waals surface area contributed by atoms with Crippen molar-refractivity contribution in [3.8, 4) is 23.0 Å². The second-order valence-corrected chi connectivity index (χ2v) is 14.6. The molecule has 2 fully saturated rings. The van der Waals surface area contributed by atoms with Crippen molar-refractivity contribution in [2.45, 2.75) is 48.1 Å². The quantitative estimate of drug-likeness (QED) is 0.175. The van der Waals surface area contributed by atoms with Gasteiger partial charge < -0.3 is 23.9 Å². The van der Waals surface area contributed by atoms with Gasteiger partial charge >= 0.3 is 11.4 Å². The van der Waals surface area contributed by atoms with Crippen LogP contribution in [0.5, 0.6) is 23.0 Å². The third kappa shape index (κ3) is 4.44. The number of benzene rings is 2. The molecule has 4 aliphatic rings. The predicted octanol–water partition coefficient (Wildman–Crippen LogP) is 2.00. The highest BCUT2D eigenvalue weighted by Gasteiger charge is 2.75. The van der Waals surface area contributed by atoms with E-state index >= 15 is 0 Å². The predicted molar refractivity (Wildman–Crippen MR) is 187 cm³/mol. The summed E-state index contributed by atoms with van der Waals surface area (Å²) in [6.07, 6.45) is 3.08. The Hall–Kier alpha value is -5.28. The minimum absolute atomic E-state index is 0.00902. The van der Waals surface area contributed by atoms with Crippen molar-refractivity contribution < 1.29 is 28.9 Å². The Kier molecular flexibility index (Phi) is 7.56. The average molecular weight is 752 g/mol. The lowest BCUT2D eigenvalue weighted by Gasteiger charge is -2.49. The molecule has 2 aromatic heterocycles. The topological polar surface area (TPSA) is 169 Å². The van der Waals surface area contributed by atoms with Crippen LogP contribution < -0.4 is 31.1 Å². The van der Waals surface area contributed by atoms with Gasteiger partial charge in [0.2, 0.25) is 0 Å². The molecule has 3 aliphatic heterocycles. The molecule has 1 saturated carbocycles. The normalized spacial score (nSPS) is 24.8. The van der Waals surface area contributed by atoms with E-state index in [0.29, 0.717) is 45.0 Å². The van der Waals surface area contributed by atoms with E-state index in [-0.39, 0.29) is 43.8 Å². The molecule has 2 amide bonds. The molecule has 15 nitrogen and oxygen atoms in total. The summed E-state index contributed by atoms with van der Waals surface area (Å²) >= 11 is 14.5. The van der Waals surface area contributed by atoms with Gasteiger partial charge in [-0.05, 0) is 29.3 Å². The van der Waals surface area contributed by atoms with E-state index in [9.17, 15) is 29.1 Å². The smallest absolute Gasteiger partial charge is 0.347 e. The molecule has 5 heterocycles. The molecule has 4 unspecified atom stereocenters. The number of carbonyl (C=O) groups is 2. The van der Waals surface area contributed by atoms with Gasteiger partial charge in [0.1, 0.15) is 17.2 Å². The van der Waals surface area contributed by atoms with E-state index in [1.165, 1.54) is 53.6 Å². The number of allylic oxidation sites excluding steroid dienone is 3. The summed E-state index contributed by atoms with van der Waals surface area (Å²) in [7, 11) is 5.87. The number of carbonyl (C=O) groups excluding carboxylic acids is 2. The van der Waals surface area contributed by atoms with Gasteiger partial charge in [0.05, 0.1) is 44.1 Å². The number of methoxy groups -OCH3 is 2. The molecule has 4 atom stereocenters. The molecule has 1 saturated heterocycles. The highest BCUT2D eigenvalue weighted by molar-refractivity contribution is 6.53. The number of aromatic hydroxyl groups is 1. The molecule has 1 aliphatic carbocycles. The largest absolute Gasteiger partial charge is 0.508 e. The average Bonchev–Trinajstić information content (AvgIpc) is 3.45. The number of imide groups is 1. The van der Waals surface area contributed by atoms with Gasteiger partial charge in [-0.1, -0.05) is 6.08 Å². The Balaban J connectivity index is 1.19. The molecule has 0 radical (unpaired) electrons. The number of likely N-dealkylation sites (tertiary alicyclic amines) is 1. The Morgan fingerprint density at radius 1 is 1.00 bits per heavy atom. The van der Waals surface area contributed by atoms with E-state index in [0.717, 1.165) is 9.47 Å². The molecule has 8 rings (SSSR count). The standard InChI is InChI=1S/C35H32Cl2N6O9/c1-39-23-14-27(51-4)26(50-3)13-22(23)38-21(29(39)45)8-9-41-32(48)42-10-7-20-24(43(42)33(41)49)15-34(36)30(46)40(2)31(47)35(34,37)28(20)18-11-17-12-19(44)5-6-25(17)52-16-18/h5-7,12-14,16,24,28,44H,8-11,15H2,1-4H3. The summed E-state index contributed by atoms with van der Waals surface area (Å²) in [5, 5.41) is 10.2. The number of nitrogens with zero attached hydrogens (tertiary/aromatic N) is 6. The first-order valence-electron chi connectivity index (χ1n) is 16.4. The molecule has 1 N–H and O–H groups in total. The van der Waals surface area contributed by atoms with Crippen LogP contribution in [0.3, 0.4) is 0 Å². The number of ether oxygens (including phenoxy) is 3. The van der Waals surface area contributed by atoms with Crippen molar-refractivity contribution >= 4 is 46.0 Å². The van der Waals surface area contributed by atoms with Gasteiger partial charge in [-0.15, -0.1) is 23.2 Å². The van der Waals surface area contributed by atoms with Crippen LogP contribution in [0, 0.1) is 5.92 Å². The number of rotatable bonds is 6. The minimum Gasteiger partial charge on any atom is -0.508 e. The third-order valence-electron chi connectivity index (χ3n) is 10.7. The maximum absolute atomic E-state index is 14.2. The van der Waals surface area contributed by atoms with Crippen LogP contribution >= 0.6 is 23.2 Å². The number of hydrogen-bond donors (Lipinski definition) is 1. The number of aryl methyl sites for hydroxylation is 2. The summed E-state index contributed by atoms with van der Waals surface area (Å²) in [5.41, 5.74) is 0.980. The van der Waals surface area contributed by atoms with Crippen molar-refractivity contribution in [1.82, 2.24) is 28.4 Å². The van der Waals surface area contributed by atoms with Gasteiger partial charge in [-0.3, -0.25) is 19.3 Å². The molecule has 17 heteroatoms. The SMILES string of the molecule is COc1cc2nc(CCn3c(=O)n4n(c3=O)C3CC5(Cl)C(=O)N(C)C(=O)C5(Cl)C(C5=COc6ccc(O)cc6C5)C3=CC4)c(=O)n(C)c2cc1OC. The minimum atomic E-state index is -2.00. The molecule has 0 bridgehead atoms. The monoisotopic (exact) mass is 750 g/mol. The summed E-state index contributed by atoms with van der Waals surface area (Å²) in [5.74, 6) is -1.11. The van der Waals surface area contributed by atoms with E-state index in [1.807, 2.05) is 0 Å². The summed E-state index contributed by atoms with van der Waals surface area (Å²) in [4.78, 5) is 70.5. The number of phenols is 1. The lowest BCUT2D eigenvalue weighted by Crippen LogP contribution is -2.61. The van der Waals surface area contributed by atoms with Crippen molar-refractivity contribution in [3.05, 3.63) is 96.4 Å². The van der Waals surface area contributed by atoms with Crippen LogP contribution in [-0.4, -0.2) is 76.3 Å². The number of alkyl halides is 2. The van der Waals surface area contributed by atoms with Crippen LogP contribution in [0.4, 0.5) is 0 Å². The molecular formula is C35H32Cl2N6O9. The number of hydrogen-bond acceptors (Lipinski definition) is 10. The van der Waals surface area contributed by atoms with Gasteiger partial charge in [0, 0.05) is 63.5 Å². The molecule has 2 aromatic carbocycles.